The smallest absolute Gasteiger partial charge is 0.317 e. The van der Waals surface area contributed by atoms with Crippen molar-refractivity contribution in [2.24, 2.45) is 0 Å². The van der Waals surface area contributed by atoms with Crippen LogP contribution in [0.5, 0.6) is 0 Å². The van der Waals surface area contributed by atoms with Crippen molar-refractivity contribution in [1.29, 1.82) is 0 Å². The second-order valence-corrected chi connectivity index (χ2v) is 7.50. The fourth-order valence-electron chi connectivity index (χ4n) is 3.23. The Bertz CT molecular complexity index is 700. The topological polar surface area (TPSA) is 71.0 Å². The number of amides is 2. The van der Waals surface area contributed by atoms with Crippen LogP contribution in [0.3, 0.4) is 0 Å². The monoisotopic (exact) mass is 343 g/mol. The summed E-state index contributed by atoms with van der Waals surface area (Å²) in [5.74, 6) is 0.566. The van der Waals surface area contributed by atoms with Crippen LogP contribution in [0.15, 0.2) is 24.5 Å². The average molecular weight is 343 g/mol. The van der Waals surface area contributed by atoms with Gasteiger partial charge in [-0.2, -0.15) is 0 Å². The summed E-state index contributed by atoms with van der Waals surface area (Å²) < 4.78 is 0. The first-order valence-corrected chi connectivity index (χ1v) is 9.44. The minimum Gasteiger partial charge on any atom is -0.317 e. The quantitative estimate of drug-likeness (QED) is 0.915. The molecule has 6 nitrogen and oxygen atoms in total. The van der Waals surface area contributed by atoms with Gasteiger partial charge in [0.1, 0.15) is 5.01 Å². The molecule has 4 rings (SSSR count). The molecule has 0 radical (unpaired) electrons. The SMILES string of the molecule is O=C(Nc1nnc(C2CC2)s1)N1CCCCCC1c1ccncc1. The van der Waals surface area contributed by atoms with Crippen LogP contribution in [0, 0.1) is 0 Å². The Morgan fingerprint density at radius 3 is 2.75 bits per heavy atom. The number of hydrogen-bond acceptors (Lipinski definition) is 5. The standard InChI is InChI=1S/C17H21N5OS/c23-17(19-16-21-20-15(24-16)13-5-6-13)22-11-3-1-2-4-14(22)12-7-9-18-10-8-12/h7-10,13-14H,1-6,11H2,(H,19,21,23). The van der Waals surface area contributed by atoms with Crippen LogP contribution in [-0.4, -0.2) is 32.7 Å². The van der Waals surface area contributed by atoms with E-state index in [2.05, 4.69) is 20.5 Å². The molecule has 2 fully saturated rings. The summed E-state index contributed by atoms with van der Waals surface area (Å²) in [6.45, 7) is 0.771. The van der Waals surface area contributed by atoms with Gasteiger partial charge in [-0.05, 0) is 43.4 Å². The first-order valence-electron chi connectivity index (χ1n) is 8.62. The summed E-state index contributed by atoms with van der Waals surface area (Å²) in [6.07, 6.45) is 10.3. The minimum absolute atomic E-state index is 0.0720. The van der Waals surface area contributed by atoms with Crippen molar-refractivity contribution >= 4 is 22.5 Å². The number of nitrogens with zero attached hydrogens (tertiary/aromatic N) is 4. The molecule has 0 spiro atoms. The van der Waals surface area contributed by atoms with Crippen LogP contribution in [0.2, 0.25) is 0 Å². The van der Waals surface area contributed by atoms with Crippen LogP contribution >= 0.6 is 11.3 Å². The molecule has 1 saturated heterocycles. The van der Waals surface area contributed by atoms with E-state index in [1.807, 2.05) is 17.0 Å². The Morgan fingerprint density at radius 2 is 1.96 bits per heavy atom. The molecule has 0 aromatic carbocycles. The highest BCUT2D eigenvalue weighted by Crippen LogP contribution is 2.42. The predicted octanol–water partition coefficient (Wildman–Crippen LogP) is 3.96. The third-order valence-electron chi connectivity index (χ3n) is 4.69. The number of carbonyl (C=O) groups excluding carboxylic acids is 1. The predicted molar refractivity (Wildman–Crippen MR) is 93.1 cm³/mol. The summed E-state index contributed by atoms with van der Waals surface area (Å²) in [6, 6.07) is 4.04. The Morgan fingerprint density at radius 1 is 1.12 bits per heavy atom. The highest BCUT2D eigenvalue weighted by Gasteiger charge is 2.30. The largest absolute Gasteiger partial charge is 0.324 e. The number of likely N-dealkylation sites (tertiary alicyclic amines) is 1. The van der Waals surface area contributed by atoms with Gasteiger partial charge in [0.05, 0.1) is 6.04 Å². The van der Waals surface area contributed by atoms with Crippen LogP contribution in [-0.2, 0) is 0 Å². The van der Waals surface area contributed by atoms with Crippen molar-refractivity contribution in [3.05, 3.63) is 35.1 Å². The van der Waals surface area contributed by atoms with Crippen molar-refractivity contribution in [2.45, 2.75) is 50.5 Å². The van der Waals surface area contributed by atoms with Gasteiger partial charge < -0.3 is 4.90 Å². The van der Waals surface area contributed by atoms with Gasteiger partial charge in [-0.3, -0.25) is 10.3 Å². The van der Waals surface area contributed by atoms with E-state index in [0.29, 0.717) is 11.0 Å². The number of aromatic nitrogens is 3. The summed E-state index contributed by atoms with van der Waals surface area (Å²) in [5.41, 5.74) is 1.15. The van der Waals surface area contributed by atoms with Crippen LogP contribution < -0.4 is 5.32 Å². The van der Waals surface area contributed by atoms with Crippen LogP contribution in [0.4, 0.5) is 9.93 Å². The second-order valence-electron chi connectivity index (χ2n) is 6.49. The Labute approximate surface area is 145 Å². The Balaban J connectivity index is 1.50. The molecular formula is C17H21N5OS. The third-order valence-corrected chi connectivity index (χ3v) is 5.69. The highest BCUT2D eigenvalue weighted by molar-refractivity contribution is 7.15. The van der Waals surface area contributed by atoms with E-state index in [0.717, 1.165) is 42.8 Å². The van der Waals surface area contributed by atoms with Crippen LogP contribution in [0.25, 0.3) is 0 Å². The fraction of sp³-hybridized carbons (Fsp3) is 0.529. The average Bonchev–Trinajstić information content (AvgIpc) is 3.40. The molecular weight excluding hydrogens is 322 g/mol. The molecule has 1 aliphatic carbocycles. The molecule has 126 valence electrons. The maximum absolute atomic E-state index is 12.8. The number of urea groups is 1. The molecule has 0 bridgehead atoms. The molecule has 1 atom stereocenters. The zero-order valence-corrected chi connectivity index (χ0v) is 14.3. The zero-order valence-electron chi connectivity index (χ0n) is 13.5. The van der Waals surface area contributed by atoms with Gasteiger partial charge in [-0.25, -0.2) is 4.79 Å². The molecule has 1 aliphatic heterocycles. The van der Waals surface area contributed by atoms with Crippen molar-refractivity contribution in [3.63, 3.8) is 0 Å². The lowest BCUT2D eigenvalue weighted by Gasteiger charge is -2.30. The maximum atomic E-state index is 12.8. The van der Waals surface area contributed by atoms with E-state index in [-0.39, 0.29) is 12.1 Å². The van der Waals surface area contributed by atoms with E-state index in [1.165, 1.54) is 24.2 Å². The van der Waals surface area contributed by atoms with Gasteiger partial charge in [-0.1, -0.05) is 24.2 Å². The fourth-order valence-corrected chi connectivity index (χ4v) is 4.13. The van der Waals surface area contributed by atoms with E-state index in [1.54, 1.807) is 12.4 Å². The normalized spacial score (nSPS) is 21.3. The summed E-state index contributed by atoms with van der Waals surface area (Å²) >= 11 is 1.51. The number of nitrogens with one attached hydrogen (secondary N) is 1. The van der Waals surface area contributed by atoms with E-state index < -0.39 is 0 Å². The second kappa shape index (κ2) is 6.84. The molecule has 2 aromatic heterocycles. The number of carbonyl (C=O) groups is 1. The first-order chi connectivity index (χ1) is 11.8. The molecule has 2 amide bonds. The van der Waals surface area contributed by atoms with Crippen molar-refractivity contribution in [2.75, 3.05) is 11.9 Å². The molecule has 3 heterocycles. The molecule has 7 heteroatoms. The van der Waals surface area contributed by atoms with E-state index in [9.17, 15) is 4.79 Å². The van der Waals surface area contributed by atoms with Gasteiger partial charge >= 0.3 is 6.03 Å². The number of pyridine rings is 1. The van der Waals surface area contributed by atoms with Gasteiger partial charge in [-0.15, -0.1) is 10.2 Å². The number of anilines is 1. The molecule has 24 heavy (non-hydrogen) atoms. The van der Waals surface area contributed by atoms with Gasteiger partial charge in [0, 0.05) is 24.9 Å². The summed E-state index contributed by atoms with van der Waals surface area (Å²) in [5, 5.41) is 12.9. The minimum atomic E-state index is -0.0720. The molecule has 2 aromatic rings. The zero-order chi connectivity index (χ0) is 16.4. The molecule has 1 unspecified atom stereocenters. The van der Waals surface area contributed by atoms with Crippen molar-refractivity contribution in [3.8, 4) is 0 Å². The maximum Gasteiger partial charge on any atom is 0.324 e. The number of hydrogen-bond donors (Lipinski definition) is 1. The first kappa shape index (κ1) is 15.5. The Hall–Kier alpha value is -2.02. The van der Waals surface area contributed by atoms with Crippen molar-refractivity contribution in [1.82, 2.24) is 20.1 Å². The summed E-state index contributed by atoms with van der Waals surface area (Å²) in [4.78, 5) is 18.9. The number of rotatable bonds is 3. The molecule has 1 N–H and O–H groups in total. The van der Waals surface area contributed by atoms with E-state index >= 15 is 0 Å². The third kappa shape index (κ3) is 3.40. The van der Waals surface area contributed by atoms with Gasteiger partial charge in [0.25, 0.3) is 0 Å². The van der Waals surface area contributed by atoms with E-state index in [4.69, 9.17) is 0 Å². The lowest BCUT2D eigenvalue weighted by molar-refractivity contribution is 0.189. The molecule has 1 saturated carbocycles. The lowest BCUT2D eigenvalue weighted by Crippen LogP contribution is -2.38. The highest BCUT2D eigenvalue weighted by atomic mass is 32.1. The molecule has 2 aliphatic rings. The van der Waals surface area contributed by atoms with Gasteiger partial charge in [0.2, 0.25) is 5.13 Å². The Kier molecular flexibility index (Phi) is 4.42. The van der Waals surface area contributed by atoms with Crippen LogP contribution in [0.1, 0.15) is 61.1 Å². The van der Waals surface area contributed by atoms with Crippen molar-refractivity contribution < 1.29 is 4.79 Å². The summed E-state index contributed by atoms with van der Waals surface area (Å²) in [7, 11) is 0. The lowest BCUT2D eigenvalue weighted by atomic mass is 10.0. The van der Waals surface area contributed by atoms with Gasteiger partial charge in [0.15, 0.2) is 0 Å².